The Kier molecular flexibility index (Phi) is 10.1. The fourth-order valence-corrected chi connectivity index (χ4v) is 7.25. The van der Waals surface area contributed by atoms with E-state index in [1.54, 1.807) is 30.6 Å². The minimum atomic E-state index is -0.722. The molecular formula is C32H27BrClIN2O5S. The number of carbonyl (C=O) groups is 1. The molecule has 2 heterocycles. The second-order valence-electron chi connectivity index (χ2n) is 9.53. The van der Waals surface area contributed by atoms with Crippen molar-refractivity contribution in [3.63, 3.8) is 0 Å². The van der Waals surface area contributed by atoms with Crippen LogP contribution < -0.4 is 24.4 Å². The highest BCUT2D eigenvalue weighted by Crippen LogP contribution is 2.33. The Morgan fingerprint density at radius 3 is 2.49 bits per heavy atom. The average Bonchev–Trinajstić information content (AvgIpc) is 3.27. The third kappa shape index (κ3) is 6.92. The molecule has 0 bridgehead atoms. The number of allylic oxidation sites excluding steroid dienone is 1. The highest BCUT2D eigenvalue weighted by molar-refractivity contribution is 14.1. The van der Waals surface area contributed by atoms with Crippen LogP contribution in [0.1, 0.15) is 43.5 Å². The molecule has 0 saturated heterocycles. The largest absolute Gasteiger partial charge is 0.494 e. The standard InChI is InChI=1S/C32H27BrClIN2O5S/c1-4-40-24-12-8-20(9-13-24)28-27(31(39)41-5-2)18(3)36-32-37(28)30(38)26(43-32)15-21-14-23(34)16-25(35)29(21)42-17-19-6-10-22(33)11-7-19/h6-16,28H,4-5,17H2,1-3H3/b26-15-/t28-/m0/s1. The number of esters is 1. The SMILES string of the molecule is CCOC(=O)C1=C(C)N=c2s/c(=C\c3cc(Cl)cc(I)c3OCc3ccc(Br)cc3)c(=O)n2[C@H]1c1ccc(OCC)cc1. The molecule has 3 aromatic carbocycles. The summed E-state index contributed by atoms with van der Waals surface area (Å²) in [6.07, 6.45) is 1.77. The van der Waals surface area contributed by atoms with Gasteiger partial charge in [0.1, 0.15) is 18.1 Å². The lowest BCUT2D eigenvalue weighted by molar-refractivity contribution is -0.139. The van der Waals surface area contributed by atoms with Crippen molar-refractivity contribution < 1.29 is 19.0 Å². The number of hydrogen-bond donors (Lipinski definition) is 0. The van der Waals surface area contributed by atoms with E-state index in [1.807, 2.05) is 61.5 Å². The molecule has 5 rings (SSSR count). The molecule has 1 aliphatic rings. The van der Waals surface area contributed by atoms with E-state index in [1.165, 1.54) is 11.3 Å². The lowest BCUT2D eigenvalue weighted by Gasteiger charge is -2.24. The third-order valence-corrected chi connectivity index (χ3v) is 9.18. The van der Waals surface area contributed by atoms with E-state index >= 15 is 0 Å². The van der Waals surface area contributed by atoms with Crippen LogP contribution in [-0.4, -0.2) is 23.8 Å². The zero-order chi connectivity index (χ0) is 30.7. The number of benzene rings is 3. The van der Waals surface area contributed by atoms with Crippen molar-refractivity contribution in [3.8, 4) is 11.5 Å². The van der Waals surface area contributed by atoms with Crippen LogP contribution in [0.3, 0.4) is 0 Å². The van der Waals surface area contributed by atoms with Crippen LogP contribution in [0.25, 0.3) is 6.08 Å². The van der Waals surface area contributed by atoms with Crippen molar-refractivity contribution in [3.05, 3.63) is 121 Å². The molecule has 0 unspecified atom stereocenters. The van der Waals surface area contributed by atoms with Gasteiger partial charge in [-0.05, 0) is 97.0 Å². The lowest BCUT2D eigenvalue weighted by Crippen LogP contribution is -2.39. The van der Waals surface area contributed by atoms with Crippen molar-refractivity contribution in [2.75, 3.05) is 13.2 Å². The Balaban J connectivity index is 1.63. The first kappa shape index (κ1) is 31.5. The second kappa shape index (κ2) is 13.8. The van der Waals surface area contributed by atoms with Gasteiger partial charge < -0.3 is 14.2 Å². The maximum absolute atomic E-state index is 14.1. The van der Waals surface area contributed by atoms with Crippen LogP contribution in [-0.2, 0) is 16.1 Å². The zero-order valence-electron chi connectivity index (χ0n) is 23.5. The Morgan fingerprint density at radius 2 is 1.81 bits per heavy atom. The molecule has 222 valence electrons. The molecule has 0 N–H and O–H groups in total. The summed E-state index contributed by atoms with van der Waals surface area (Å²) >= 11 is 13.3. The summed E-state index contributed by atoms with van der Waals surface area (Å²) in [6, 6.07) is 18.1. The number of halogens is 3. The van der Waals surface area contributed by atoms with Gasteiger partial charge in [-0.25, -0.2) is 9.79 Å². The normalized spacial score (nSPS) is 14.7. The van der Waals surface area contributed by atoms with Crippen LogP contribution in [0.15, 0.2) is 86.2 Å². The van der Waals surface area contributed by atoms with Gasteiger partial charge in [-0.2, -0.15) is 0 Å². The molecule has 0 amide bonds. The first-order chi connectivity index (χ1) is 20.7. The fraction of sp³-hybridized carbons (Fsp3) is 0.219. The van der Waals surface area contributed by atoms with Gasteiger partial charge in [0.05, 0.1) is 38.6 Å². The van der Waals surface area contributed by atoms with Crippen molar-refractivity contribution in [2.24, 2.45) is 4.99 Å². The number of rotatable bonds is 9. The van der Waals surface area contributed by atoms with E-state index in [4.69, 9.17) is 25.8 Å². The minimum Gasteiger partial charge on any atom is -0.494 e. The average molecular weight is 794 g/mol. The molecule has 1 aliphatic heterocycles. The molecule has 1 atom stereocenters. The van der Waals surface area contributed by atoms with Gasteiger partial charge in [0.15, 0.2) is 4.80 Å². The molecule has 0 radical (unpaired) electrons. The molecule has 0 aliphatic carbocycles. The first-order valence-corrected chi connectivity index (χ1v) is 16.6. The zero-order valence-corrected chi connectivity index (χ0v) is 28.8. The van der Waals surface area contributed by atoms with Gasteiger partial charge in [0, 0.05) is 15.1 Å². The van der Waals surface area contributed by atoms with Crippen LogP contribution in [0, 0.1) is 3.57 Å². The summed E-state index contributed by atoms with van der Waals surface area (Å²) in [6.45, 7) is 6.49. The number of thiazole rings is 1. The number of aromatic nitrogens is 1. The molecular weight excluding hydrogens is 767 g/mol. The van der Waals surface area contributed by atoms with Gasteiger partial charge in [0.25, 0.3) is 5.56 Å². The van der Waals surface area contributed by atoms with Crippen molar-refractivity contribution >= 4 is 73.5 Å². The van der Waals surface area contributed by atoms with Gasteiger partial charge in [-0.1, -0.05) is 63.1 Å². The lowest BCUT2D eigenvalue weighted by atomic mass is 9.96. The summed E-state index contributed by atoms with van der Waals surface area (Å²) in [7, 11) is 0. The highest BCUT2D eigenvalue weighted by Gasteiger charge is 2.33. The molecule has 43 heavy (non-hydrogen) atoms. The predicted molar refractivity (Wildman–Crippen MR) is 181 cm³/mol. The van der Waals surface area contributed by atoms with Gasteiger partial charge in [-0.3, -0.25) is 9.36 Å². The van der Waals surface area contributed by atoms with Crippen LogP contribution in [0.4, 0.5) is 0 Å². The van der Waals surface area contributed by atoms with Gasteiger partial charge in [0.2, 0.25) is 0 Å². The maximum atomic E-state index is 14.1. The fourth-order valence-electron chi connectivity index (χ4n) is 4.74. The maximum Gasteiger partial charge on any atom is 0.338 e. The summed E-state index contributed by atoms with van der Waals surface area (Å²) in [5.41, 5.74) is 2.94. The van der Waals surface area contributed by atoms with Crippen molar-refractivity contribution in [1.82, 2.24) is 4.57 Å². The quantitative estimate of drug-likeness (QED) is 0.138. The Labute approximate surface area is 279 Å². The Morgan fingerprint density at radius 1 is 1.09 bits per heavy atom. The third-order valence-electron chi connectivity index (χ3n) is 6.64. The molecule has 7 nitrogen and oxygen atoms in total. The number of hydrogen-bond acceptors (Lipinski definition) is 7. The van der Waals surface area contributed by atoms with E-state index < -0.39 is 12.0 Å². The van der Waals surface area contributed by atoms with E-state index in [-0.39, 0.29) is 12.2 Å². The Bertz CT molecular complexity index is 1880. The van der Waals surface area contributed by atoms with E-state index in [0.717, 1.165) is 19.2 Å². The van der Waals surface area contributed by atoms with E-state index in [0.29, 0.717) is 55.9 Å². The van der Waals surface area contributed by atoms with Crippen LogP contribution >= 0.6 is 61.5 Å². The number of fused-ring (bicyclic) bond motifs is 1. The first-order valence-electron chi connectivity index (χ1n) is 13.5. The van der Waals surface area contributed by atoms with Gasteiger partial charge in [-0.15, -0.1) is 0 Å². The second-order valence-corrected chi connectivity index (χ2v) is 13.0. The Hall–Kier alpha value is -2.93. The summed E-state index contributed by atoms with van der Waals surface area (Å²) in [5, 5.41) is 0.520. The number of nitrogens with zero attached hydrogens (tertiary/aromatic N) is 2. The van der Waals surface area contributed by atoms with E-state index in [2.05, 4.69) is 43.5 Å². The predicted octanol–water partition coefficient (Wildman–Crippen LogP) is 6.80. The van der Waals surface area contributed by atoms with Crippen LogP contribution in [0.2, 0.25) is 5.02 Å². The molecule has 11 heteroatoms. The summed E-state index contributed by atoms with van der Waals surface area (Å²) < 4.78 is 21.1. The highest BCUT2D eigenvalue weighted by atomic mass is 127. The molecule has 4 aromatic rings. The summed E-state index contributed by atoms with van der Waals surface area (Å²) in [4.78, 5) is 32.4. The number of ether oxygens (including phenoxy) is 3. The van der Waals surface area contributed by atoms with Crippen molar-refractivity contribution in [1.29, 1.82) is 0 Å². The molecule has 0 fully saturated rings. The molecule has 0 spiro atoms. The van der Waals surface area contributed by atoms with Crippen LogP contribution in [0.5, 0.6) is 11.5 Å². The topological polar surface area (TPSA) is 79.1 Å². The minimum absolute atomic E-state index is 0.201. The monoisotopic (exact) mass is 792 g/mol. The number of carbonyl (C=O) groups excluding carboxylic acids is 1. The van der Waals surface area contributed by atoms with E-state index in [9.17, 15) is 9.59 Å². The van der Waals surface area contributed by atoms with Crippen molar-refractivity contribution in [2.45, 2.75) is 33.4 Å². The van der Waals surface area contributed by atoms with Gasteiger partial charge >= 0.3 is 5.97 Å². The molecule has 0 saturated carbocycles. The molecule has 1 aromatic heterocycles. The summed E-state index contributed by atoms with van der Waals surface area (Å²) in [5.74, 6) is 0.804. The smallest absolute Gasteiger partial charge is 0.338 e.